The van der Waals surface area contributed by atoms with Gasteiger partial charge in [-0.15, -0.1) is 0 Å². The van der Waals surface area contributed by atoms with Gasteiger partial charge in [-0.3, -0.25) is 0 Å². The normalized spacial score (nSPS) is 12.3. The molecule has 1 unspecified atom stereocenters. The van der Waals surface area contributed by atoms with E-state index in [4.69, 9.17) is 5.73 Å². The van der Waals surface area contributed by atoms with Gasteiger partial charge in [0.05, 0.1) is 6.04 Å². The van der Waals surface area contributed by atoms with Crippen molar-refractivity contribution in [1.82, 2.24) is 0 Å². The average molecular weight is 282 g/mol. The summed E-state index contributed by atoms with van der Waals surface area (Å²) in [6.45, 7) is 9.16. The molecule has 0 fully saturated rings. The van der Waals surface area contributed by atoms with Crippen molar-refractivity contribution in [2.24, 2.45) is 5.73 Å². The highest BCUT2D eigenvalue weighted by atomic mass is 15.1. The molecule has 2 aromatic rings. The first-order valence-electron chi connectivity index (χ1n) is 7.50. The Labute approximate surface area is 128 Å². The van der Waals surface area contributed by atoms with Crippen LogP contribution in [0.15, 0.2) is 36.4 Å². The van der Waals surface area contributed by atoms with E-state index in [1.807, 2.05) is 0 Å². The lowest BCUT2D eigenvalue weighted by Gasteiger charge is -2.30. The third-order valence-electron chi connectivity index (χ3n) is 3.93. The fourth-order valence-electron chi connectivity index (χ4n) is 3.05. The van der Waals surface area contributed by atoms with Gasteiger partial charge in [0.25, 0.3) is 0 Å². The summed E-state index contributed by atoms with van der Waals surface area (Å²) in [5, 5.41) is 0. The van der Waals surface area contributed by atoms with Crippen molar-refractivity contribution in [1.29, 1.82) is 0 Å². The number of benzene rings is 2. The molecule has 2 N–H and O–H groups in total. The van der Waals surface area contributed by atoms with Crippen LogP contribution in [0.25, 0.3) is 0 Å². The van der Waals surface area contributed by atoms with Gasteiger partial charge in [-0.1, -0.05) is 35.4 Å². The summed E-state index contributed by atoms with van der Waals surface area (Å²) in [6, 6.07) is 13.5. The van der Waals surface area contributed by atoms with E-state index >= 15 is 0 Å². The van der Waals surface area contributed by atoms with E-state index in [0.29, 0.717) is 6.54 Å². The van der Waals surface area contributed by atoms with E-state index in [1.54, 1.807) is 0 Å². The van der Waals surface area contributed by atoms with Crippen molar-refractivity contribution in [3.05, 3.63) is 64.2 Å². The molecule has 0 heterocycles. The summed E-state index contributed by atoms with van der Waals surface area (Å²) in [5.74, 6) is 0. The Morgan fingerprint density at radius 3 is 1.67 bits per heavy atom. The minimum absolute atomic E-state index is 0.199. The van der Waals surface area contributed by atoms with Gasteiger partial charge in [-0.2, -0.15) is 0 Å². The highest BCUT2D eigenvalue weighted by Gasteiger charge is 2.17. The number of likely N-dealkylation sites (N-methyl/N-ethyl adjacent to an activating group) is 1. The fraction of sp³-hybridized carbons (Fsp3) is 0.368. The Kier molecular flexibility index (Phi) is 4.69. The summed E-state index contributed by atoms with van der Waals surface area (Å²) in [6.07, 6.45) is 0. The van der Waals surface area contributed by atoms with E-state index in [9.17, 15) is 0 Å². The number of aryl methyl sites for hydroxylation is 4. The number of hydrogen-bond acceptors (Lipinski definition) is 2. The lowest BCUT2D eigenvalue weighted by Crippen LogP contribution is -2.30. The topological polar surface area (TPSA) is 29.3 Å². The molecule has 21 heavy (non-hydrogen) atoms. The van der Waals surface area contributed by atoms with Crippen LogP contribution in [0.5, 0.6) is 0 Å². The zero-order valence-corrected chi connectivity index (χ0v) is 13.8. The fourth-order valence-corrected chi connectivity index (χ4v) is 3.05. The minimum Gasteiger partial charge on any atom is -0.366 e. The molecule has 0 radical (unpaired) electrons. The molecule has 2 rings (SSSR count). The quantitative estimate of drug-likeness (QED) is 0.916. The van der Waals surface area contributed by atoms with Crippen molar-refractivity contribution in [3.8, 4) is 0 Å². The summed E-state index contributed by atoms with van der Waals surface area (Å²) in [5.41, 5.74) is 13.7. The summed E-state index contributed by atoms with van der Waals surface area (Å²) < 4.78 is 0. The van der Waals surface area contributed by atoms with Gasteiger partial charge in [-0.05, 0) is 56.5 Å². The summed E-state index contributed by atoms with van der Waals surface area (Å²) in [4.78, 5) is 2.29. The minimum atomic E-state index is 0.199. The molecular formula is C19H26N2. The van der Waals surface area contributed by atoms with Crippen molar-refractivity contribution < 1.29 is 0 Å². The number of hydrogen-bond donors (Lipinski definition) is 1. The van der Waals surface area contributed by atoms with E-state index in [2.05, 4.69) is 76.0 Å². The van der Waals surface area contributed by atoms with Gasteiger partial charge in [0, 0.05) is 19.3 Å². The van der Waals surface area contributed by atoms with Gasteiger partial charge < -0.3 is 10.6 Å². The second-order valence-corrected chi connectivity index (χ2v) is 6.13. The zero-order valence-electron chi connectivity index (χ0n) is 13.8. The van der Waals surface area contributed by atoms with Crippen LogP contribution >= 0.6 is 0 Å². The molecule has 0 amide bonds. The van der Waals surface area contributed by atoms with Gasteiger partial charge in [0.2, 0.25) is 0 Å². The Morgan fingerprint density at radius 2 is 1.24 bits per heavy atom. The van der Waals surface area contributed by atoms with Gasteiger partial charge in [0.15, 0.2) is 0 Å². The maximum atomic E-state index is 6.08. The molecule has 1 atom stereocenters. The molecule has 0 bridgehead atoms. The molecule has 0 aliphatic carbocycles. The highest BCUT2D eigenvalue weighted by molar-refractivity contribution is 5.52. The Morgan fingerprint density at radius 1 is 0.810 bits per heavy atom. The van der Waals surface area contributed by atoms with Crippen molar-refractivity contribution in [3.63, 3.8) is 0 Å². The van der Waals surface area contributed by atoms with Crippen molar-refractivity contribution in [2.75, 3.05) is 18.5 Å². The molecule has 0 saturated carbocycles. The Hall–Kier alpha value is -1.80. The molecular weight excluding hydrogens is 256 g/mol. The van der Waals surface area contributed by atoms with Crippen molar-refractivity contribution >= 4 is 5.69 Å². The first-order valence-corrected chi connectivity index (χ1v) is 7.50. The first-order chi connectivity index (χ1) is 9.90. The third kappa shape index (κ3) is 3.64. The van der Waals surface area contributed by atoms with Crippen LogP contribution in [0.4, 0.5) is 5.69 Å². The predicted octanol–water partition coefficient (Wildman–Crippen LogP) is 4.06. The summed E-state index contributed by atoms with van der Waals surface area (Å²) >= 11 is 0. The Bertz CT molecular complexity index is 591. The van der Waals surface area contributed by atoms with Crippen LogP contribution in [0.1, 0.15) is 33.9 Å². The molecule has 2 aromatic carbocycles. The molecule has 0 saturated heterocycles. The van der Waals surface area contributed by atoms with Crippen LogP contribution in [-0.4, -0.2) is 13.6 Å². The SMILES string of the molecule is Cc1cc(C)cc(C(CN)N(C)c2cc(C)cc(C)c2)c1. The molecule has 0 aliphatic heterocycles. The monoisotopic (exact) mass is 282 g/mol. The molecule has 112 valence electrons. The number of rotatable bonds is 4. The lowest BCUT2D eigenvalue weighted by atomic mass is 9.99. The lowest BCUT2D eigenvalue weighted by molar-refractivity contribution is 0.679. The third-order valence-corrected chi connectivity index (χ3v) is 3.93. The van der Waals surface area contributed by atoms with Crippen LogP contribution in [0.2, 0.25) is 0 Å². The predicted molar refractivity (Wildman–Crippen MR) is 92.0 cm³/mol. The molecule has 2 heteroatoms. The second-order valence-electron chi connectivity index (χ2n) is 6.13. The Balaban J connectivity index is 2.40. The smallest absolute Gasteiger partial charge is 0.0661 e. The van der Waals surface area contributed by atoms with E-state index in [-0.39, 0.29) is 6.04 Å². The van der Waals surface area contributed by atoms with Crippen LogP contribution in [0.3, 0.4) is 0 Å². The van der Waals surface area contributed by atoms with E-state index in [1.165, 1.54) is 33.5 Å². The van der Waals surface area contributed by atoms with E-state index in [0.717, 1.165) is 0 Å². The number of nitrogens with two attached hydrogens (primary N) is 1. The van der Waals surface area contributed by atoms with Crippen LogP contribution < -0.4 is 10.6 Å². The first kappa shape index (κ1) is 15.6. The standard InChI is InChI=1S/C19H26N2/c1-13-6-14(2)9-17(8-13)19(12-20)21(5)18-10-15(3)7-16(4)11-18/h6-11,19H,12,20H2,1-5H3. The maximum absolute atomic E-state index is 6.08. The molecule has 0 aromatic heterocycles. The molecule has 0 aliphatic rings. The average Bonchev–Trinajstić information content (AvgIpc) is 2.37. The van der Waals surface area contributed by atoms with Gasteiger partial charge in [0.1, 0.15) is 0 Å². The molecule has 0 spiro atoms. The second kappa shape index (κ2) is 6.31. The van der Waals surface area contributed by atoms with Crippen molar-refractivity contribution in [2.45, 2.75) is 33.7 Å². The number of nitrogens with zero attached hydrogens (tertiary/aromatic N) is 1. The molecule has 2 nitrogen and oxygen atoms in total. The van der Waals surface area contributed by atoms with E-state index < -0.39 is 0 Å². The van der Waals surface area contributed by atoms with Gasteiger partial charge >= 0.3 is 0 Å². The van der Waals surface area contributed by atoms with Crippen LogP contribution in [0, 0.1) is 27.7 Å². The van der Waals surface area contributed by atoms with Gasteiger partial charge in [-0.25, -0.2) is 0 Å². The zero-order chi connectivity index (χ0) is 15.6. The number of anilines is 1. The summed E-state index contributed by atoms with van der Waals surface area (Å²) in [7, 11) is 2.13. The van der Waals surface area contributed by atoms with Crippen LogP contribution in [-0.2, 0) is 0 Å². The largest absolute Gasteiger partial charge is 0.366 e. The maximum Gasteiger partial charge on any atom is 0.0661 e. The highest BCUT2D eigenvalue weighted by Crippen LogP contribution is 2.27.